The zero-order valence-electron chi connectivity index (χ0n) is 14.2. The van der Waals surface area contributed by atoms with E-state index in [9.17, 15) is 14.4 Å². The monoisotopic (exact) mass is 380 g/mol. The molecule has 3 atom stereocenters. The molecule has 8 heteroatoms. The van der Waals surface area contributed by atoms with Gasteiger partial charge in [-0.1, -0.05) is 11.6 Å². The van der Waals surface area contributed by atoms with Crippen molar-refractivity contribution in [2.75, 3.05) is 6.61 Å². The Balaban J connectivity index is 1.59. The van der Waals surface area contributed by atoms with Crippen LogP contribution in [0, 0.1) is 11.8 Å². The molecular formula is C18H17ClO7. The number of carbonyl (C=O) groups excluding carboxylic acids is 3. The third-order valence-electron chi connectivity index (χ3n) is 4.03. The van der Waals surface area contributed by atoms with Gasteiger partial charge in [0.15, 0.2) is 11.4 Å². The normalized spacial score (nSPS) is 19.7. The van der Waals surface area contributed by atoms with Gasteiger partial charge < -0.3 is 18.6 Å². The lowest BCUT2D eigenvalue weighted by Crippen LogP contribution is -2.24. The molecule has 1 saturated carbocycles. The van der Waals surface area contributed by atoms with Gasteiger partial charge in [0.05, 0.1) is 23.8 Å². The highest BCUT2D eigenvalue weighted by molar-refractivity contribution is 6.35. The van der Waals surface area contributed by atoms with Crippen LogP contribution in [0.1, 0.15) is 30.6 Å². The molecule has 0 aliphatic heterocycles. The molecule has 0 bridgehead atoms. The van der Waals surface area contributed by atoms with Gasteiger partial charge in [0.2, 0.25) is 6.29 Å². The number of rotatable bonds is 6. The summed E-state index contributed by atoms with van der Waals surface area (Å²) in [6.45, 7) is 3.19. The Labute approximate surface area is 154 Å². The first-order valence-corrected chi connectivity index (χ1v) is 8.53. The number of ether oxygens (including phenoxy) is 3. The van der Waals surface area contributed by atoms with Gasteiger partial charge in [0.25, 0.3) is 0 Å². The number of furan rings is 1. The fraction of sp³-hybridized carbons (Fsp3) is 0.389. The Morgan fingerprint density at radius 2 is 2.04 bits per heavy atom. The first kappa shape index (κ1) is 18.3. The van der Waals surface area contributed by atoms with Crippen LogP contribution in [0.3, 0.4) is 0 Å². The third kappa shape index (κ3) is 3.83. The van der Waals surface area contributed by atoms with Crippen molar-refractivity contribution in [2.24, 2.45) is 11.8 Å². The molecule has 1 heterocycles. The van der Waals surface area contributed by atoms with Crippen molar-refractivity contribution >= 4 is 40.5 Å². The van der Waals surface area contributed by atoms with Crippen LogP contribution in [0.2, 0.25) is 5.02 Å². The topological polar surface area (TPSA) is 92.0 Å². The van der Waals surface area contributed by atoms with Crippen LogP contribution in [-0.4, -0.2) is 30.8 Å². The largest absolute Gasteiger partial charge is 0.511 e. The molecule has 26 heavy (non-hydrogen) atoms. The number of ketones is 1. The van der Waals surface area contributed by atoms with Crippen LogP contribution in [-0.2, 0) is 19.0 Å². The lowest BCUT2D eigenvalue weighted by molar-refractivity contribution is -0.169. The summed E-state index contributed by atoms with van der Waals surface area (Å²) in [7, 11) is 0. The quantitative estimate of drug-likeness (QED) is 0.425. The zero-order valence-corrected chi connectivity index (χ0v) is 14.9. The molecule has 0 amide bonds. The molecule has 0 saturated heterocycles. The number of Topliss-reactive ketones (excluding diaryl/α,β-unsaturated/α-hetero) is 1. The summed E-state index contributed by atoms with van der Waals surface area (Å²) in [5, 5.41) is 1.06. The van der Waals surface area contributed by atoms with Crippen molar-refractivity contribution in [3.63, 3.8) is 0 Å². The first-order valence-electron chi connectivity index (χ1n) is 8.15. The second kappa shape index (κ2) is 7.37. The number of esters is 1. The number of hydrogen-bond acceptors (Lipinski definition) is 7. The average Bonchev–Trinajstić information content (AvgIpc) is 3.23. The van der Waals surface area contributed by atoms with Crippen molar-refractivity contribution in [3.8, 4) is 0 Å². The molecule has 7 nitrogen and oxygen atoms in total. The van der Waals surface area contributed by atoms with E-state index in [-0.39, 0.29) is 12.4 Å². The summed E-state index contributed by atoms with van der Waals surface area (Å²) >= 11 is 6.12. The lowest BCUT2D eigenvalue weighted by Gasteiger charge is -2.13. The Morgan fingerprint density at radius 3 is 2.77 bits per heavy atom. The van der Waals surface area contributed by atoms with Crippen molar-refractivity contribution < 1.29 is 33.0 Å². The van der Waals surface area contributed by atoms with Gasteiger partial charge in [-0.15, -0.1) is 0 Å². The molecule has 3 rings (SSSR count). The van der Waals surface area contributed by atoms with E-state index in [1.165, 1.54) is 19.3 Å². The summed E-state index contributed by atoms with van der Waals surface area (Å²) < 4.78 is 19.6. The van der Waals surface area contributed by atoms with Crippen molar-refractivity contribution in [1.82, 2.24) is 0 Å². The van der Waals surface area contributed by atoms with Crippen LogP contribution in [0.25, 0.3) is 11.0 Å². The van der Waals surface area contributed by atoms with E-state index in [0.29, 0.717) is 22.6 Å². The molecule has 1 aromatic carbocycles. The highest BCUT2D eigenvalue weighted by Crippen LogP contribution is 2.43. The molecule has 138 valence electrons. The number of carbonyl (C=O) groups is 3. The molecule has 1 unspecified atom stereocenters. The standard InChI is InChI=1S/C18H17ClO7/c1-3-23-18(22)26-9(2)25-17(21)13-8-12(13)15(20)11-6-10-4-5-24-16(10)14(19)7-11/h4-7,9,12-13H,3,8H2,1-2H3/t9?,12-,13-/m0/s1. The van der Waals surface area contributed by atoms with Crippen molar-refractivity contribution in [2.45, 2.75) is 26.6 Å². The van der Waals surface area contributed by atoms with Gasteiger partial charge in [-0.25, -0.2) is 4.79 Å². The van der Waals surface area contributed by atoms with Crippen LogP contribution < -0.4 is 0 Å². The van der Waals surface area contributed by atoms with E-state index < -0.39 is 30.3 Å². The first-order chi connectivity index (χ1) is 12.4. The van der Waals surface area contributed by atoms with Crippen molar-refractivity contribution in [3.05, 3.63) is 35.0 Å². The van der Waals surface area contributed by atoms with Gasteiger partial charge in [-0.05, 0) is 31.5 Å². The van der Waals surface area contributed by atoms with Crippen LogP contribution in [0.5, 0.6) is 0 Å². The summed E-state index contributed by atoms with van der Waals surface area (Å²) in [5.74, 6) is -1.81. The maximum atomic E-state index is 12.6. The molecule has 1 aliphatic carbocycles. The second-order valence-corrected chi connectivity index (χ2v) is 6.32. The maximum Gasteiger partial charge on any atom is 0.511 e. The number of halogens is 1. The second-order valence-electron chi connectivity index (χ2n) is 5.92. The summed E-state index contributed by atoms with van der Waals surface area (Å²) in [6, 6.07) is 4.92. The van der Waals surface area contributed by atoms with Gasteiger partial charge in [0.1, 0.15) is 0 Å². The van der Waals surface area contributed by atoms with E-state index in [2.05, 4.69) is 4.74 Å². The number of hydrogen-bond donors (Lipinski definition) is 0. The Morgan fingerprint density at radius 1 is 1.27 bits per heavy atom. The molecule has 2 aromatic rings. The van der Waals surface area contributed by atoms with E-state index in [4.69, 9.17) is 25.5 Å². The Bertz CT molecular complexity index is 856. The van der Waals surface area contributed by atoms with E-state index >= 15 is 0 Å². The Kier molecular flexibility index (Phi) is 5.18. The van der Waals surface area contributed by atoms with Crippen LogP contribution in [0.15, 0.2) is 28.9 Å². The smallest absolute Gasteiger partial charge is 0.463 e. The predicted molar refractivity (Wildman–Crippen MR) is 90.8 cm³/mol. The molecule has 1 aliphatic rings. The fourth-order valence-corrected chi connectivity index (χ4v) is 2.97. The molecular weight excluding hydrogens is 364 g/mol. The van der Waals surface area contributed by atoms with Gasteiger partial charge in [-0.2, -0.15) is 0 Å². The SMILES string of the molecule is CCOC(=O)OC(C)OC(=O)[C@H]1C[C@@H]1C(=O)c1cc(Cl)c2occc2c1. The molecule has 0 N–H and O–H groups in total. The minimum atomic E-state index is -1.09. The fourth-order valence-electron chi connectivity index (χ4n) is 2.70. The summed E-state index contributed by atoms with van der Waals surface area (Å²) in [4.78, 5) is 35.9. The summed E-state index contributed by atoms with van der Waals surface area (Å²) in [5.41, 5.74) is 0.930. The van der Waals surface area contributed by atoms with Gasteiger partial charge in [0, 0.05) is 23.8 Å². The van der Waals surface area contributed by atoms with Gasteiger partial charge >= 0.3 is 12.1 Å². The summed E-state index contributed by atoms with van der Waals surface area (Å²) in [6.07, 6.45) is -0.133. The zero-order chi connectivity index (χ0) is 18.8. The highest BCUT2D eigenvalue weighted by atomic mass is 35.5. The maximum absolute atomic E-state index is 12.6. The molecule has 0 spiro atoms. The van der Waals surface area contributed by atoms with Gasteiger partial charge in [-0.3, -0.25) is 9.59 Å². The predicted octanol–water partition coefficient (Wildman–Crippen LogP) is 3.97. The molecule has 1 fully saturated rings. The van der Waals surface area contributed by atoms with E-state index in [1.807, 2.05) is 0 Å². The van der Waals surface area contributed by atoms with E-state index in [0.717, 1.165) is 5.39 Å². The average molecular weight is 381 g/mol. The number of fused-ring (bicyclic) bond motifs is 1. The molecule has 0 radical (unpaired) electrons. The number of benzene rings is 1. The minimum Gasteiger partial charge on any atom is -0.463 e. The third-order valence-corrected chi connectivity index (χ3v) is 4.31. The Hall–Kier alpha value is -2.54. The van der Waals surface area contributed by atoms with Crippen LogP contribution in [0.4, 0.5) is 4.79 Å². The highest BCUT2D eigenvalue weighted by Gasteiger charge is 2.49. The van der Waals surface area contributed by atoms with Crippen molar-refractivity contribution in [1.29, 1.82) is 0 Å². The van der Waals surface area contributed by atoms with Crippen LogP contribution >= 0.6 is 11.6 Å². The molecule has 1 aromatic heterocycles. The van der Waals surface area contributed by atoms with E-state index in [1.54, 1.807) is 19.1 Å². The lowest BCUT2D eigenvalue weighted by atomic mass is 10.0. The minimum absolute atomic E-state index is 0.155.